The predicted molar refractivity (Wildman–Crippen MR) is 133 cm³/mol. The number of nitrogens with zero attached hydrogens (tertiary/aromatic N) is 3. The summed E-state index contributed by atoms with van der Waals surface area (Å²) < 4.78 is 1.80. The second-order valence-electron chi connectivity index (χ2n) is 7.88. The van der Waals surface area contributed by atoms with Crippen LogP contribution in [0.4, 0.5) is 5.69 Å². The molecule has 2 N–H and O–H groups in total. The lowest BCUT2D eigenvalue weighted by Gasteiger charge is -2.20. The Kier molecular flexibility index (Phi) is 8.77. The molecule has 1 aromatic heterocycles. The first kappa shape index (κ1) is 25.1. The van der Waals surface area contributed by atoms with Crippen molar-refractivity contribution >= 4 is 52.5 Å². The number of thioether (sulfide) groups is 1. The van der Waals surface area contributed by atoms with Crippen LogP contribution < -0.4 is 10.6 Å². The lowest BCUT2D eigenvalue weighted by atomic mass is 10.0. The Labute approximate surface area is 207 Å². The van der Waals surface area contributed by atoms with Crippen molar-refractivity contribution in [2.75, 3.05) is 11.1 Å². The second-order valence-corrected chi connectivity index (χ2v) is 9.67. The van der Waals surface area contributed by atoms with Crippen LogP contribution in [0.3, 0.4) is 0 Å². The summed E-state index contributed by atoms with van der Waals surface area (Å²) >= 11 is 13.4. The molecule has 0 radical (unpaired) electrons. The number of hydrogen-bond acceptors (Lipinski definition) is 5. The van der Waals surface area contributed by atoms with Crippen molar-refractivity contribution in [1.29, 1.82) is 0 Å². The summed E-state index contributed by atoms with van der Waals surface area (Å²) in [6, 6.07) is 13.6. The molecule has 3 rings (SSSR count). The van der Waals surface area contributed by atoms with Gasteiger partial charge in [-0.3, -0.25) is 9.59 Å². The molecule has 174 valence electrons. The SMILES string of the molecule is CC(C)C[C@@H](NC(=O)c1ccc(Cl)cc1Cl)c1nnc(SCC(=O)Nc2ccccc2)n1C. The fourth-order valence-corrected chi connectivity index (χ4v) is 4.43. The summed E-state index contributed by atoms with van der Waals surface area (Å²) in [5.74, 6) is 0.623. The molecule has 2 aromatic carbocycles. The summed E-state index contributed by atoms with van der Waals surface area (Å²) in [5.41, 5.74) is 1.08. The van der Waals surface area contributed by atoms with Crippen LogP contribution >= 0.6 is 35.0 Å². The molecule has 1 heterocycles. The number of aromatic nitrogens is 3. The maximum Gasteiger partial charge on any atom is 0.253 e. The van der Waals surface area contributed by atoms with Gasteiger partial charge in [0.25, 0.3) is 5.91 Å². The standard InChI is InChI=1S/C23H25Cl2N5O2S/c1-14(2)11-19(27-22(32)17-10-9-15(24)12-18(17)25)21-28-29-23(30(21)3)33-13-20(31)26-16-7-5-4-6-8-16/h4-10,12,14,19H,11,13H2,1-3H3,(H,26,31)(H,27,32)/t19-/m1/s1. The quantitative estimate of drug-likeness (QED) is 0.381. The summed E-state index contributed by atoms with van der Waals surface area (Å²) in [6.07, 6.45) is 0.655. The molecule has 33 heavy (non-hydrogen) atoms. The Hall–Kier alpha value is -2.55. The average Bonchev–Trinajstić information content (AvgIpc) is 3.12. The molecule has 7 nitrogen and oxygen atoms in total. The highest BCUT2D eigenvalue weighted by Crippen LogP contribution is 2.26. The number of halogens is 2. The van der Waals surface area contributed by atoms with Crippen LogP contribution in [-0.2, 0) is 11.8 Å². The Morgan fingerprint density at radius 2 is 1.82 bits per heavy atom. The number of carbonyl (C=O) groups excluding carboxylic acids is 2. The molecule has 0 unspecified atom stereocenters. The molecule has 10 heteroatoms. The van der Waals surface area contributed by atoms with E-state index in [1.807, 2.05) is 37.4 Å². The molecule has 2 amide bonds. The van der Waals surface area contributed by atoms with E-state index in [1.54, 1.807) is 16.7 Å². The van der Waals surface area contributed by atoms with Crippen molar-refractivity contribution in [2.45, 2.75) is 31.5 Å². The normalized spacial score (nSPS) is 11.9. The largest absolute Gasteiger partial charge is 0.342 e. The van der Waals surface area contributed by atoms with Crippen molar-refractivity contribution in [3.8, 4) is 0 Å². The zero-order valence-corrected chi connectivity index (χ0v) is 20.8. The van der Waals surface area contributed by atoms with Gasteiger partial charge in [-0.05, 0) is 42.7 Å². The smallest absolute Gasteiger partial charge is 0.253 e. The fourth-order valence-electron chi connectivity index (χ4n) is 3.21. The number of para-hydroxylation sites is 1. The van der Waals surface area contributed by atoms with Gasteiger partial charge in [-0.1, -0.05) is 67.0 Å². The van der Waals surface area contributed by atoms with E-state index in [9.17, 15) is 9.59 Å². The van der Waals surface area contributed by atoms with Crippen LogP contribution in [0.25, 0.3) is 0 Å². The monoisotopic (exact) mass is 505 g/mol. The molecule has 0 spiro atoms. The molecule has 0 aliphatic rings. The number of anilines is 1. The van der Waals surface area contributed by atoms with E-state index < -0.39 is 0 Å². The van der Waals surface area contributed by atoms with Crippen LogP contribution in [-0.4, -0.2) is 32.3 Å². The zero-order valence-electron chi connectivity index (χ0n) is 18.5. The van der Waals surface area contributed by atoms with Crippen molar-refractivity contribution in [3.63, 3.8) is 0 Å². The van der Waals surface area contributed by atoms with E-state index in [4.69, 9.17) is 23.2 Å². The third kappa shape index (κ3) is 6.96. The number of benzene rings is 2. The number of carbonyl (C=O) groups is 2. The molecule has 1 atom stereocenters. The van der Waals surface area contributed by atoms with Crippen molar-refractivity contribution in [2.24, 2.45) is 13.0 Å². The Morgan fingerprint density at radius 3 is 2.48 bits per heavy atom. The van der Waals surface area contributed by atoms with Gasteiger partial charge >= 0.3 is 0 Å². The van der Waals surface area contributed by atoms with Crippen LogP contribution in [0.1, 0.15) is 42.5 Å². The van der Waals surface area contributed by atoms with Gasteiger partial charge in [0.1, 0.15) is 0 Å². The lowest BCUT2D eigenvalue weighted by molar-refractivity contribution is -0.113. The topological polar surface area (TPSA) is 88.9 Å². The van der Waals surface area contributed by atoms with E-state index in [1.165, 1.54) is 17.8 Å². The molecule has 0 saturated heterocycles. The van der Waals surface area contributed by atoms with Gasteiger partial charge in [0, 0.05) is 17.8 Å². The molecule has 3 aromatic rings. The third-order valence-electron chi connectivity index (χ3n) is 4.76. The summed E-state index contributed by atoms with van der Waals surface area (Å²) in [5, 5.41) is 15.7. The Morgan fingerprint density at radius 1 is 1.09 bits per heavy atom. The van der Waals surface area contributed by atoms with Gasteiger partial charge in [-0.15, -0.1) is 10.2 Å². The van der Waals surface area contributed by atoms with Crippen LogP contribution in [0.2, 0.25) is 10.0 Å². The van der Waals surface area contributed by atoms with Crippen molar-refractivity contribution in [3.05, 3.63) is 70.0 Å². The minimum absolute atomic E-state index is 0.139. The Bertz CT molecular complexity index is 1120. The molecule has 0 saturated carbocycles. The Balaban J connectivity index is 1.70. The highest BCUT2D eigenvalue weighted by atomic mass is 35.5. The number of amides is 2. The van der Waals surface area contributed by atoms with Crippen LogP contribution in [0.5, 0.6) is 0 Å². The van der Waals surface area contributed by atoms with Gasteiger partial charge in [-0.2, -0.15) is 0 Å². The van der Waals surface area contributed by atoms with Crippen molar-refractivity contribution < 1.29 is 9.59 Å². The second kappa shape index (κ2) is 11.5. The zero-order chi connectivity index (χ0) is 24.0. The van der Waals surface area contributed by atoms with Gasteiger partial charge in [0.15, 0.2) is 11.0 Å². The predicted octanol–water partition coefficient (Wildman–Crippen LogP) is 5.37. The van der Waals surface area contributed by atoms with Gasteiger partial charge in [-0.25, -0.2) is 0 Å². The summed E-state index contributed by atoms with van der Waals surface area (Å²) in [4.78, 5) is 25.2. The van der Waals surface area contributed by atoms with Gasteiger partial charge < -0.3 is 15.2 Å². The maximum atomic E-state index is 12.9. The first-order valence-corrected chi connectivity index (χ1v) is 12.1. The number of rotatable bonds is 9. The molecule has 0 bridgehead atoms. The minimum Gasteiger partial charge on any atom is -0.342 e. The molecule has 0 fully saturated rings. The van der Waals surface area contributed by atoms with Crippen molar-refractivity contribution in [1.82, 2.24) is 20.1 Å². The highest BCUT2D eigenvalue weighted by Gasteiger charge is 2.24. The lowest BCUT2D eigenvalue weighted by Crippen LogP contribution is -2.31. The third-order valence-corrected chi connectivity index (χ3v) is 6.33. The number of nitrogens with one attached hydrogen (secondary N) is 2. The van der Waals surface area contributed by atoms with E-state index >= 15 is 0 Å². The maximum absolute atomic E-state index is 12.9. The van der Waals surface area contributed by atoms with E-state index in [2.05, 4.69) is 34.7 Å². The highest BCUT2D eigenvalue weighted by molar-refractivity contribution is 7.99. The summed E-state index contributed by atoms with van der Waals surface area (Å²) in [6.45, 7) is 4.13. The van der Waals surface area contributed by atoms with Gasteiger partial charge in [0.05, 0.1) is 22.4 Å². The van der Waals surface area contributed by atoms with Gasteiger partial charge in [0.2, 0.25) is 5.91 Å². The fraction of sp³-hybridized carbons (Fsp3) is 0.304. The van der Waals surface area contributed by atoms with Crippen LogP contribution in [0.15, 0.2) is 53.7 Å². The first-order chi connectivity index (χ1) is 15.7. The van der Waals surface area contributed by atoms with E-state index in [0.29, 0.717) is 33.9 Å². The van der Waals surface area contributed by atoms with E-state index in [-0.39, 0.29) is 28.6 Å². The average molecular weight is 506 g/mol. The minimum atomic E-state index is -0.380. The molecular formula is C23H25Cl2N5O2S. The first-order valence-electron chi connectivity index (χ1n) is 10.4. The van der Waals surface area contributed by atoms with E-state index in [0.717, 1.165) is 5.69 Å². The van der Waals surface area contributed by atoms with Crippen LogP contribution in [0, 0.1) is 5.92 Å². The molecule has 0 aliphatic heterocycles. The molecule has 0 aliphatic carbocycles. The summed E-state index contributed by atoms with van der Waals surface area (Å²) in [7, 11) is 1.82. The number of hydrogen-bond donors (Lipinski definition) is 2. The molecular weight excluding hydrogens is 481 g/mol.